The SMILES string of the molecule is CC1CC(F)[CH-]C(F)C1.[Y]. The Hall–Kier alpha value is 0.964. The van der Waals surface area contributed by atoms with Crippen molar-refractivity contribution in [3.8, 4) is 0 Å². The Bertz CT molecular complexity index is 72.6. The van der Waals surface area contributed by atoms with Crippen molar-refractivity contribution in [2.24, 2.45) is 5.92 Å². The van der Waals surface area contributed by atoms with Crippen LogP contribution in [0.15, 0.2) is 0 Å². The average molecular weight is 222 g/mol. The Morgan fingerprint density at radius 1 is 1.20 bits per heavy atom. The molecule has 1 fully saturated rings. The first-order valence-electron chi connectivity index (χ1n) is 3.31. The fourth-order valence-electron chi connectivity index (χ4n) is 1.25. The van der Waals surface area contributed by atoms with Gasteiger partial charge in [0.1, 0.15) is 0 Å². The van der Waals surface area contributed by atoms with Gasteiger partial charge in [-0.25, -0.2) is 0 Å². The maximum atomic E-state index is 12.4. The maximum Gasteiger partial charge on any atom is 0 e. The van der Waals surface area contributed by atoms with Gasteiger partial charge in [-0.2, -0.15) is 0 Å². The second-order valence-corrected chi connectivity index (χ2v) is 2.80. The zero-order chi connectivity index (χ0) is 6.85. The van der Waals surface area contributed by atoms with Crippen molar-refractivity contribution in [3.05, 3.63) is 6.42 Å². The normalized spacial score (nSPS) is 40.5. The van der Waals surface area contributed by atoms with Crippen LogP contribution < -0.4 is 0 Å². The van der Waals surface area contributed by atoms with Crippen molar-refractivity contribution < 1.29 is 41.5 Å². The number of rotatable bonds is 0. The Kier molecular flexibility index (Phi) is 5.22. The molecule has 1 rings (SSSR count). The molecule has 0 saturated heterocycles. The topological polar surface area (TPSA) is 0 Å². The Balaban J connectivity index is 0.000000810. The molecule has 1 aliphatic carbocycles. The molecule has 0 bridgehead atoms. The van der Waals surface area contributed by atoms with E-state index in [2.05, 4.69) is 0 Å². The molecule has 3 heteroatoms. The summed E-state index contributed by atoms with van der Waals surface area (Å²) in [6, 6.07) is 0. The molecule has 0 amide bonds. The first-order valence-corrected chi connectivity index (χ1v) is 3.31. The van der Waals surface area contributed by atoms with Gasteiger partial charge in [0.05, 0.1) is 0 Å². The Morgan fingerprint density at radius 3 is 1.90 bits per heavy atom. The van der Waals surface area contributed by atoms with E-state index in [1.54, 1.807) is 0 Å². The van der Waals surface area contributed by atoms with Crippen LogP contribution in [0, 0.1) is 12.3 Å². The first kappa shape index (κ1) is 11.0. The van der Waals surface area contributed by atoms with Gasteiger partial charge < -0.3 is 0 Å². The van der Waals surface area contributed by atoms with Gasteiger partial charge in [0, 0.05) is 32.7 Å². The van der Waals surface area contributed by atoms with E-state index in [4.69, 9.17) is 0 Å². The average Bonchev–Trinajstić information content (AvgIpc) is 1.59. The molecule has 1 saturated carbocycles. The van der Waals surface area contributed by atoms with Gasteiger partial charge in [0.2, 0.25) is 0 Å². The molecule has 0 aliphatic heterocycles. The van der Waals surface area contributed by atoms with Crippen LogP contribution in [0.3, 0.4) is 0 Å². The largest absolute Gasteiger partial charge is 0.283 e. The monoisotopic (exact) mass is 222 g/mol. The van der Waals surface area contributed by atoms with Gasteiger partial charge in [-0.05, 0) is 31.1 Å². The van der Waals surface area contributed by atoms with Gasteiger partial charge in [-0.1, -0.05) is 6.92 Å². The summed E-state index contributed by atoms with van der Waals surface area (Å²) in [5.41, 5.74) is 0. The second-order valence-electron chi connectivity index (χ2n) is 2.80. The third-order valence-electron chi connectivity index (χ3n) is 1.67. The first-order chi connectivity index (χ1) is 4.18. The van der Waals surface area contributed by atoms with E-state index in [1.165, 1.54) is 0 Å². The Labute approximate surface area is 85.6 Å². The quantitative estimate of drug-likeness (QED) is 0.551. The van der Waals surface area contributed by atoms with Crippen LogP contribution >= 0.6 is 0 Å². The number of halogens is 2. The maximum absolute atomic E-state index is 12.4. The van der Waals surface area contributed by atoms with Gasteiger partial charge in [-0.3, -0.25) is 15.2 Å². The van der Waals surface area contributed by atoms with Crippen LogP contribution in [-0.2, 0) is 32.7 Å². The summed E-state index contributed by atoms with van der Waals surface area (Å²) in [5.74, 6) is 0.208. The third-order valence-corrected chi connectivity index (χ3v) is 1.67. The predicted molar refractivity (Wildman–Crippen MR) is 32.5 cm³/mol. The Morgan fingerprint density at radius 2 is 1.60 bits per heavy atom. The number of alkyl halides is 2. The molecule has 0 aromatic rings. The summed E-state index contributed by atoms with van der Waals surface area (Å²) < 4.78 is 24.8. The molecule has 0 aromatic carbocycles. The minimum atomic E-state index is -1.01. The fraction of sp³-hybridized carbons (Fsp3) is 0.857. The van der Waals surface area contributed by atoms with E-state index in [0.29, 0.717) is 12.8 Å². The van der Waals surface area contributed by atoms with Crippen LogP contribution in [0.5, 0.6) is 0 Å². The van der Waals surface area contributed by atoms with Gasteiger partial charge in [0.25, 0.3) is 0 Å². The van der Waals surface area contributed by atoms with E-state index >= 15 is 0 Å². The number of hydrogen-bond acceptors (Lipinski definition) is 0. The van der Waals surface area contributed by atoms with Gasteiger partial charge in [0.15, 0.2) is 0 Å². The minimum Gasteiger partial charge on any atom is -0.283 e. The number of hydrogen-bond donors (Lipinski definition) is 0. The van der Waals surface area contributed by atoms with Gasteiger partial charge >= 0.3 is 0 Å². The summed E-state index contributed by atoms with van der Waals surface area (Å²) in [4.78, 5) is 0. The summed E-state index contributed by atoms with van der Waals surface area (Å²) in [7, 11) is 0. The molecule has 0 nitrogen and oxygen atoms in total. The fourth-order valence-corrected chi connectivity index (χ4v) is 1.25. The zero-order valence-electron chi connectivity index (χ0n) is 6.06. The standard InChI is InChI=1S/C7H11F2.Y/c1-5-2-6(8)4-7(9)3-5;/h4-7H,2-3H2,1H3;/q-1;. The summed E-state index contributed by atoms with van der Waals surface area (Å²) in [5, 5.41) is 0. The molecular formula is C7H11F2Y-. The van der Waals surface area contributed by atoms with E-state index in [0.717, 1.165) is 6.42 Å². The van der Waals surface area contributed by atoms with E-state index in [-0.39, 0.29) is 38.6 Å². The molecule has 57 valence electrons. The summed E-state index contributed by atoms with van der Waals surface area (Å²) >= 11 is 0. The third kappa shape index (κ3) is 3.38. The van der Waals surface area contributed by atoms with Crippen LogP contribution in [-0.4, -0.2) is 12.3 Å². The summed E-state index contributed by atoms with van der Waals surface area (Å²) in [6.07, 6.45) is 0.133. The van der Waals surface area contributed by atoms with Crippen molar-refractivity contribution in [2.75, 3.05) is 0 Å². The van der Waals surface area contributed by atoms with Crippen molar-refractivity contribution in [2.45, 2.75) is 32.1 Å². The molecule has 1 aliphatic rings. The molecule has 0 N–H and O–H groups in total. The predicted octanol–water partition coefficient (Wildman–Crippen LogP) is 2.29. The molecule has 2 unspecified atom stereocenters. The van der Waals surface area contributed by atoms with Crippen LogP contribution in [0.2, 0.25) is 0 Å². The summed E-state index contributed by atoms with van der Waals surface area (Å²) in [6.45, 7) is 1.88. The minimum absolute atomic E-state index is 0. The van der Waals surface area contributed by atoms with Crippen molar-refractivity contribution in [3.63, 3.8) is 0 Å². The van der Waals surface area contributed by atoms with E-state index in [1.807, 2.05) is 6.92 Å². The van der Waals surface area contributed by atoms with Crippen LogP contribution in [0.1, 0.15) is 19.8 Å². The molecule has 0 aromatic heterocycles. The van der Waals surface area contributed by atoms with E-state index < -0.39 is 12.3 Å². The van der Waals surface area contributed by atoms with Crippen LogP contribution in [0.4, 0.5) is 8.78 Å². The smallest absolute Gasteiger partial charge is 0 e. The molecular weight excluding hydrogens is 211 g/mol. The molecule has 2 atom stereocenters. The molecule has 10 heavy (non-hydrogen) atoms. The van der Waals surface area contributed by atoms with Crippen LogP contribution in [0.25, 0.3) is 0 Å². The molecule has 0 heterocycles. The van der Waals surface area contributed by atoms with E-state index in [9.17, 15) is 8.78 Å². The second kappa shape index (κ2) is 4.76. The van der Waals surface area contributed by atoms with Crippen molar-refractivity contribution >= 4 is 0 Å². The van der Waals surface area contributed by atoms with Gasteiger partial charge in [-0.15, -0.1) is 0 Å². The molecule has 0 spiro atoms. The molecule has 1 radical (unpaired) electrons. The van der Waals surface area contributed by atoms with Crippen molar-refractivity contribution in [1.82, 2.24) is 0 Å². The van der Waals surface area contributed by atoms with Crippen molar-refractivity contribution in [1.29, 1.82) is 0 Å². The zero-order valence-corrected chi connectivity index (χ0v) is 8.90.